The van der Waals surface area contributed by atoms with E-state index in [1.165, 1.54) is 107 Å². The average Bonchev–Trinajstić information content (AvgIpc) is 0.800. The topological polar surface area (TPSA) is 31.0 Å². The normalized spacial score (nSPS) is 11.8. The molecule has 8 nitrogen and oxygen atoms in total. The van der Waals surface area contributed by atoms with Crippen LogP contribution in [-0.2, 0) is 56.4 Å². The van der Waals surface area contributed by atoms with Crippen molar-refractivity contribution in [1.29, 1.82) is 0 Å². The van der Waals surface area contributed by atoms with Crippen molar-refractivity contribution in [2.24, 2.45) is 56.4 Å². The van der Waals surface area contributed by atoms with E-state index in [-0.39, 0.29) is 0 Å². The fraction of sp³-hybridized carbons (Fsp3) is 0.214. The molecule has 0 radical (unpaired) electrons. The molecule has 0 atom stereocenters. The summed E-state index contributed by atoms with van der Waals surface area (Å²) >= 11 is 0. The molecular weight excluding hydrogens is 1500 g/mol. The van der Waals surface area contributed by atoms with Gasteiger partial charge in [0.15, 0.2) is 49.1 Å². The van der Waals surface area contributed by atoms with Crippen LogP contribution in [0.4, 0.5) is 8.78 Å². The Hall–Kier alpha value is -13.2. The molecule has 8 aromatic heterocycles. The zero-order valence-corrected chi connectivity index (χ0v) is 75.0. The van der Waals surface area contributed by atoms with E-state index in [0.29, 0.717) is 27.9 Å². The Labute approximate surface area is 740 Å². The quantitative estimate of drug-likeness (QED) is 0.136. The minimum atomic E-state index is -2.09. The Morgan fingerprint density at radius 1 is 0.230 bits per heavy atom. The van der Waals surface area contributed by atoms with E-state index in [9.17, 15) is 8.78 Å². The molecule has 16 rings (SSSR count). The Morgan fingerprint density at radius 3 is 1.15 bits per heavy atom. The second-order valence-electron chi connectivity index (χ2n) is 31.3. The lowest BCUT2D eigenvalue weighted by Gasteiger charge is -2.08. The molecule has 0 spiro atoms. The van der Waals surface area contributed by atoms with Gasteiger partial charge in [-0.2, -0.15) is 4.57 Å². The molecule has 0 aliphatic carbocycles. The first-order chi connectivity index (χ1) is 61.9. The number of hydrogen-bond donors (Lipinski definition) is 0. The largest absolute Gasteiger partial charge is 0.215 e. The van der Waals surface area contributed by atoms with Crippen molar-refractivity contribution in [3.8, 4) is 90.1 Å². The van der Waals surface area contributed by atoms with Gasteiger partial charge in [-0.3, -0.25) is 0 Å². The van der Waals surface area contributed by atoms with E-state index in [1.807, 2.05) is 171 Å². The van der Waals surface area contributed by atoms with Crippen molar-refractivity contribution < 1.29 is 57.7 Å². The van der Waals surface area contributed by atoms with Gasteiger partial charge in [0, 0.05) is 160 Å². The summed E-state index contributed by atoms with van der Waals surface area (Å²) in [6.07, 6.45) is 13.9. The van der Waals surface area contributed by atoms with Crippen LogP contribution in [0.5, 0.6) is 0 Å². The third-order valence-electron chi connectivity index (χ3n) is 21.7. The highest BCUT2D eigenvalue weighted by Crippen LogP contribution is 2.30. The molecule has 0 fully saturated rings. The first kappa shape index (κ1) is 79.9. The monoisotopic (exact) mass is 1630 g/mol. The van der Waals surface area contributed by atoms with Crippen molar-refractivity contribution in [3.05, 3.63) is 429 Å². The molecule has 620 valence electrons. The Bertz CT molecular complexity index is 6390. The van der Waals surface area contributed by atoms with Gasteiger partial charge in [0.1, 0.15) is 68.0 Å². The van der Waals surface area contributed by atoms with Crippen LogP contribution in [0.2, 0.25) is 0 Å². The van der Waals surface area contributed by atoms with Gasteiger partial charge in [0.25, 0.3) is 0 Å². The van der Waals surface area contributed by atoms with Crippen molar-refractivity contribution in [3.63, 3.8) is 0 Å². The van der Waals surface area contributed by atoms with Gasteiger partial charge in [-0.15, -0.1) is 0 Å². The summed E-state index contributed by atoms with van der Waals surface area (Å²) in [4.78, 5) is 0. The second kappa shape index (κ2) is 44.2. The number of aryl methyl sites for hydroxylation is 22. The number of benzene rings is 8. The Morgan fingerprint density at radius 2 is 0.639 bits per heavy atom. The van der Waals surface area contributed by atoms with Crippen LogP contribution in [-0.4, -0.2) is 0 Å². The molecule has 0 amide bonds. The molecule has 0 aliphatic heterocycles. The van der Waals surface area contributed by atoms with Crippen molar-refractivity contribution in [1.82, 2.24) is 0 Å². The molecular formula is C112H126F2N8+8. The van der Waals surface area contributed by atoms with Gasteiger partial charge in [-0.1, -0.05) is 120 Å². The van der Waals surface area contributed by atoms with Crippen LogP contribution in [0.15, 0.2) is 328 Å². The van der Waals surface area contributed by atoms with Gasteiger partial charge in [-0.05, 0) is 250 Å². The predicted molar refractivity (Wildman–Crippen MR) is 500 cm³/mol. The highest BCUT2D eigenvalue weighted by molar-refractivity contribution is 5.68. The van der Waals surface area contributed by atoms with E-state index in [2.05, 4.69) is 273 Å². The van der Waals surface area contributed by atoms with Crippen molar-refractivity contribution in [2.75, 3.05) is 0 Å². The molecule has 0 N–H and O–H groups in total. The number of halogens is 2. The molecule has 10 heteroatoms. The number of rotatable bonds is 8. The molecule has 0 aliphatic rings. The van der Waals surface area contributed by atoms with E-state index >= 15 is 0 Å². The van der Waals surface area contributed by atoms with Crippen LogP contribution >= 0.6 is 0 Å². The number of nitrogens with zero attached hydrogens (tertiary/aromatic N) is 8. The third-order valence-corrected chi connectivity index (χ3v) is 21.7. The highest BCUT2D eigenvalue weighted by Gasteiger charge is 2.21. The number of pyridine rings is 8. The standard InChI is InChI=1S/C15H18N.6C14H16N.C13H12F2N/c1-11-9-12(2)13(3)14(10-11)15-7-5-6-8-16(15)4;1-11-7-4-5-9-13(11)14-12(2)8-6-10-15(14)3;1-11-7-4-5-9-13(11)14-10-6-8-12(2)15(14)3;1-11-7-8-13(12(2)10-11)14-6-4-5-9-15(14)3;1-11-7-8-12(2)13(10-11)14-6-4-5-9-15(14)3;1-11-8-9-15(3)14(10-11)13-7-5-4-6-12(13)2;1-11-8-9-14(15(3)10-11)13-7-5-4-6-12(13)2;1-9-7-10(14)8-11(15)13(9)12-5-3-4-6-16(12)2/h5-10H,1-4H3;6*4-10H,1-3H3;3-8H,1-2H3/q8*+1/i;;2D3;1D3;;;1D3;. The van der Waals surface area contributed by atoms with Crippen molar-refractivity contribution in [2.45, 2.75) is 111 Å². The minimum Gasteiger partial charge on any atom is -0.207 e. The van der Waals surface area contributed by atoms with Gasteiger partial charge < -0.3 is 0 Å². The smallest absolute Gasteiger partial charge is 0.207 e. The summed E-state index contributed by atoms with van der Waals surface area (Å²) in [5.74, 6) is -1.07. The molecule has 0 saturated carbocycles. The Balaban J connectivity index is 0.000000169. The maximum absolute atomic E-state index is 13.7. The fourth-order valence-corrected chi connectivity index (χ4v) is 14.7. The summed E-state index contributed by atoms with van der Waals surface area (Å²) in [6, 6.07) is 93.3. The molecule has 122 heavy (non-hydrogen) atoms. The lowest BCUT2D eigenvalue weighted by molar-refractivity contribution is -0.666. The molecule has 8 aromatic carbocycles. The van der Waals surface area contributed by atoms with Crippen LogP contribution in [0, 0.1) is 122 Å². The van der Waals surface area contributed by atoms with Gasteiger partial charge >= 0.3 is 0 Å². The highest BCUT2D eigenvalue weighted by atomic mass is 19.1. The van der Waals surface area contributed by atoms with E-state index in [4.69, 9.17) is 12.3 Å². The van der Waals surface area contributed by atoms with Crippen LogP contribution < -0.4 is 36.5 Å². The molecule has 0 unspecified atom stereocenters. The summed E-state index contributed by atoms with van der Waals surface area (Å²) in [6.45, 7) is 20.9. The van der Waals surface area contributed by atoms with E-state index < -0.39 is 32.2 Å². The first-order valence-corrected chi connectivity index (χ1v) is 41.1. The van der Waals surface area contributed by atoms with Crippen LogP contribution in [0.3, 0.4) is 0 Å². The first-order valence-electron chi connectivity index (χ1n) is 45.6. The fourth-order valence-electron chi connectivity index (χ4n) is 14.7. The molecule has 8 heterocycles. The predicted octanol–water partition coefficient (Wildman–Crippen LogP) is 22.6. The second-order valence-corrected chi connectivity index (χ2v) is 31.3. The zero-order chi connectivity index (χ0) is 95.9. The van der Waals surface area contributed by atoms with Crippen LogP contribution in [0.1, 0.15) is 101 Å². The van der Waals surface area contributed by atoms with Gasteiger partial charge in [-0.25, -0.2) is 40.8 Å². The summed E-state index contributed by atoms with van der Waals surface area (Å²) in [5, 5.41) is 0. The summed E-state index contributed by atoms with van der Waals surface area (Å²) in [5.41, 5.74) is 34.7. The van der Waals surface area contributed by atoms with Crippen LogP contribution in [0.25, 0.3) is 90.1 Å². The molecule has 0 saturated heterocycles. The van der Waals surface area contributed by atoms with Gasteiger partial charge in [0.2, 0.25) is 45.6 Å². The maximum Gasteiger partial charge on any atom is 0.215 e. The lowest BCUT2D eigenvalue weighted by Crippen LogP contribution is -2.34. The van der Waals surface area contributed by atoms with E-state index in [1.54, 1.807) is 55.1 Å². The molecule has 16 aromatic rings. The number of aromatic nitrogens is 8. The summed E-state index contributed by atoms with van der Waals surface area (Å²) in [7, 11) is 15.8. The lowest BCUT2D eigenvalue weighted by atomic mass is 9.97. The third kappa shape index (κ3) is 25.0. The zero-order valence-electron chi connectivity index (χ0n) is 84.0. The SMILES string of the molecule is Cc1cc(C)c(C)c(-c2cccc[n+]2C)c1.Cc1cc(F)cc(F)c1-c1cccc[n+]1C.Cc1cc[n+](C)c(-c2ccccc2C)c1.Cc1ccc(C)c(-c2cccc[n+]2C)c1.Cc1ccccc1-c1c(C)ccc[n+]1C.[2H]C([2H])([2H])c1ccc(-c2cccc[n+]2C)c(C)c1.[2H]C([2H])([2H])c1ccc(-c2ccccc2C)[n+](C)c1.[2H]C([2H])([2H])c1cccc(-c2ccccc2C)[n+]1C. The summed E-state index contributed by atoms with van der Waals surface area (Å²) < 4.78 is 110. The molecule has 0 bridgehead atoms. The average molecular weight is 1630 g/mol. The van der Waals surface area contributed by atoms with Gasteiger partial charge in [0.05, 0.1) is 5.56 Å². The Kier molecular flexibility index (Phi) is 29.0. The number of hydrogen-bond acceptors (Lipinski definition) is 0. The van der Waals surface area contributed by atoms with E-state index in [0.717, 1.165) is 56.7 Å². The maximum atomic E-state index is 13.7. The minimum absolute atomic E-state index is 0.350. The van der Waals surface area contributed by atoms with Crippen molar-refractivity contribution >= 4 is 0 Å².